The van der Waals surface area contributed by atoms with E-state index >= 15 is 0 Å². The van der Waals surface area contributed by atoms with Crippen molar-refractivity contribution in [3.8, 4) is 0 Å². The van der Waals surface area contributed by atoms with Crippen molar-refractivity contribution >= 4 is 61.3 Å². The minimum atomic E-state index is -4.21. The van der Waals surface area contributed by atoms with Gasteiger partial charge in [-0.25, -0.2) is 0 Å². The molecule has 2 heterocycles. The molecule has 2 N–H and O–H groups in total. The van der Waals surface area contributed by atoms with Crippen molar-refractivity contribution in [2.24, 2.45) is 5.73 Å². The minimum Gasteiger partial charge on any atom is -0.369 e. The standard InChI is InChI=1S/C15H15ClF3IN2S/c16-10-7-22(5-4-11(10)21)12-3-1-2-8-9(6-15(17,18)19)14(20)23-13(8)12/h1-3,10-11H,4-7,21H2. The Morgan fingerprint density at radius 2 is 2.13 bits per heavy atom. The van der Waals surface area contributed by atoms with Crippen molar-refractivity contribution < 1.29 is 13.2 Å². The number of thiophene rings is 1. The monoisotopic (exact) mass is 474 g/mol. The normalized spacial score (nSPS) is 22.8. The molecule has 126 valence electrons. The van der Waals surface area contributed by atoms with Gasteiger partial charge in [0, 0.05) is 19.1 Å². The smallest absolute Gasteiger partial charge is 0.369 e. The van der Waals surface area contributed by atoms with Crippen molar-refractivity contribution in [3.05, 3.63) is 26.6 Å². The highest BCUT2D eigenvalue weighted by Gasteiger charge is 2.32. The summed E-state index contributed by atoms with van der Waals surface area (Å²) in [7, 11) is 0. The summed E-state index contributed by atoms with van der Waals surface area (Å²) >= 11 is 9.69. The van der Waals surface area contributed by atoms with Crippen molar-refractivity contribution in [3.63, 3.8) is 0 Å². The van der Waals surface area contributed by atoms with E-state index in [-0.39, 0.29) is 11.4 Å². The van der Waals surface area contributed by atoms with Gasteiger partial charge in [-0.2, -0.15) is 13.2 Å². The van der Waals surface area contributed by atoms with Gasteiger partial charge in [0.15, 0.2) is 0 Å². The molecule has 1 fully saturated rings. The number of nitrogens with two attached hydrogens (primary N) is 1. The molecular formula is C15H15ClF3IN2S. The van der Waals surface area contributed by atoms with Crippen molar-refractivity contribution in [2.75, 3.05) is 18.0 Å². The average molecular weight is 475 g/mol. The Hall–Kier alpha value is -0.250. The molecule has 0 bridgehead atoms. The van der Waals surface area contributed by atoms with Crippen LogP contribution in [0.25, 0.3) is 10.1 Å². The number of alkyl halides is 4. The summed E-state index contributed by atoms with van der Waals surface area (Å²) in [4.78, 5) is 2.13. The van der Waals surface area contributed by atoms with Crippen LogP contribution in [0.4, 0.5) is 18.9 Å². The summed E-state index contributed by atoms with van der Waals surface area (Å²) in [5, 5.41) is 0.544. The second-order valence-electron chi connectivity index (χ2n) is 5.71. The third-order valence-corrected chi connectivity index (χ3v) is 6.89. The van der Waals surface area contributed by atoms with Crippen LogP contribution in [0.1, 0.15) is 12.0 Å². The van der Waals surface area contributed by atoms with Crippen LogP contribution in [0.2, 0.25) is 0 Å². The summed E-state index contributed by atoms with van der Waals surface area (Å²) in [6.07, 6.45) is -4.32. The first-order chi connectivity index (χ1) is 10.8. The Morgan fingerprint density at radius 1 is 1.39 bits per heavy atom. The fourth-order valence-electron chi connectivity index (χ4n) is 2.88. The van der Waals surface area contributed by atoms with Gasteiger partial charge in [-0.05, 0) is 46.0 Å². The Kier molecular flexibility index (Phi) is 5.02. The lowest BCUT2D eigenvalue weighted by Gasteiger charge is -2.35. The van der Waals surface area contributed by atoms with Crippen LogP contribution >= 0.6 is 45.5 Å². The quantitative estimate of drug-likeness (QED) is 0.503. The highest BCUT2D eigenvalue weighted by molar-refractivity contribution is 14.1. The van der Waals surface area contributed by atoms with E-state index in [1.54, 1.807) is 6.07 Å². The van der Waals surface area contributed by atoms with E-state index in [4.69, 9.17) is 17.3 Å². The van der Waals surface area contributed by atoms with E-state index < -0.39 is 12.6 Å². The van der Waals surface area contributed by atoms with E-state index in [9.17, 15) is 13.2 Å². The van der Waals surface area contributed by atoms with Crippen molar-refractivity contribution in [1.29, 1.82) is 0 Å². The summed E-state index contributed by atoms with van der Waals surface area (Å²) in [6.45, 7) is 1.39. The molecule has 8 heteroatoms. The second kappa shape index (κ2) is 6.57. The number of anilines is 1. The van der Waals surface area contributed by atoms with Crippen LogP contribution in [-0.4, -0.2) is 30.7 Å². The number of hydrogen-bond acceptors (Lipinski definition) is 3. The average Bonchev–Trinajstić information content (AvgIpc) is 2.77. The fraction of sp³-hybridized carbons (Fsp3) is 0.467. The number of hydrogen-bond donors (Lipinski definition) is 1. The predicted octanol–water partition coefficient (Wildman–Crippen LogP) is 4.76. The van der Waals surface area contributed by atoms with Crippen molar-refractivity contribution in [2.45, 2.75) is 30.4 Å². The van der Waals surface area contributed by atoms with Gasteiger partial charge >= 0.3 is 6.18 Å². The van der Waals surface area contributed by atoms with Gasteiger partial charge in [-0.3, -0.25) is 0 Å². The minimum absolute atomic E-state index is 0.0311. The van der Waals surface area contributed by atoms with Crippen LogP contribution in [-0.2, 0) is 6.42 Å². The number of nitrogens with zero attached hydrogens (tertiary/aromatic N) is 1. The molecule has 1 aromatic heterocycles. The molecule has 3 rings (SSSR count). The molecule has 1 aliphatic heterocycles. The third-order valence-electron chi connectivity index (χ3n) is 4.06. The first kappa shape index (κ1) is 17.6. The molecule has 1 saturated heterocycles. The van der Waals surface area contributed by atoms with Gasteiger partial charge in [0.1, 0.15) is 0 Å². The zero-order valence-corrected chi connectivity index (χ0v) is 15.8. The lowest BCUT2D eigenvalue weighted by Crippen LogP contribution is -2.48. The lowest BCUT2D eigenvalue weighted by molar-refractivity contribution is -0.127. The Balaban J connectivity index is 2.01. The third kappa shape index (κ3) is 3.72. The molecule has 23 heavy (non-hydrogen) atoms. The number of halogens is 5. The van der Waals surface area contributed by atoms with E-state index in [2.05, 4.69) is 4.90 Å². The van der Waals surface area contributed by atoms with Crippen LogP contribution < -0.4 is 10.6 Å². The molecule has 2 nitrogen and oxygen atoms in total. The predicted molar refractivity (Wildman–Crippen MR) is 98.7 cm³/mol. The van der Waals surface area contributed by atoms with Gasteiger partial charge < -0.3 is 10.6 Å². The van der Waals surface area contributed by atoms with Crippen LogP contribution in [0.5, 0.6) is 0 Å². The largest absolute Gasteiger partial charge is 0.393 e. The molecule has 0 spiro atoms. The van der Waals surface area contributed by atoms with Crippen molar-refractivity contribution in [1.82, 2.24) is 0 Å². The SMILES string of the molecule is NC1CCN(c2cccc3c(CC(F)(F)F)c(I)sc23)CC1Cl. The molecule has 2 atom stereocenters. The molecule has 2 unspecified atom stereocenters. The van der Waals surface area contributed by atoms with Crippen LogP contribution in [0.3, 0.4) is 0 Å². The van der Waals surface area contributed by atoms with Gasteiger partial charge in [0.25, 0.3) is 0 Å². The van der Waals surface area contributed by atoms with E-state index in [1.165, 1.54) is 11.3 Å². The van der Waals surface area contributed by atoms with Crippen LogP contribution in [0.15, 0.2) is 18.2 Å². The molecule has 1 aliphatic rings. The van der Waals surface area contributed by atoms with Gasteiger partial charge in [-0.15, -0.1) is 22.9 Å². The summed E-state index contributed by atoms with van der Waals surface area (Å²) in [5.74, 6) is 0. The van der Waals surface area contributed by atoms with E-state index in [0.717, 1.165) is 23.4 Å². The molecule has 2 aromatic rings. The summed E-state index contributed by atoms with van der Waals surface area (Å²) in [5.41, 5.74) is 7.27. The highest BCUT2D eigenvalue weighted by atomic mass is 127. The second-order valence-corrected chi connectivity index (χ2v) is 9.11. The molecule has 0 aliphatic carbocycles. The Morgan fingerprint density at radius 3 is 2.78 bits per heavy atom. The maximum atomic E-state index is 12.8. The topological polar surface area (TPSA) is 29.3 Å². The first-order valence-electron chi connectivity index (χ1n) is 7.17. The molecule has 0 saturated carbocycles. The zero-order valence-electron chi connectivity index (χ0n) is 12.0. The van der Waals surface area contributed by atoms with Gasteiger partial charge in [0.2, 0.25) is 0 Å². The van der Waals surface area contributed by atoms with Gasteiger partial charge in [-0.1, -0.05) is 12.1 Å². The lowest BCUT2D eigenvalue weighted by atomic mass is 10.0. The molecule has 0 amide bonds. The first-order valence-corrected chi connectivity index (χ1v) is 9.50. The number of rotatable bonds is 2. The highest BCUT2D eigenvalue weighted by Crippen LogP contribution is 2.41. The Bertz CT molecular complexity index is 719. The fourth-order valence-corrected chi connectivity index (χ4v) is 5.40. The Labute approximate surface area is 154 Å². The maximum absolute atomic E-state index is 12.8. The number of benzene rings is 1. The van der Waals surface area contributed by atoms with Crippen LogP contribution in [0, 0.1) is 2.88 Å². The zero-order chi connectivity index (χ0) is 16.8. The van der Waals surface area contributed by atoms with Gasteiger partial charge in [0.05, 0.1) is 25.1 Å². The number of piperidine rings is 1. The molecule has 1 aromatic carbocycles. The maximum Gasteiger partial charge on any atom is 0.393 e. The molecular weight excluding hydrogens is 460 g/mol. The summed E-state index contributed by atoms with van der Waals surface area (Å²) < 4.78 is 40.1. The van der Waals surface area contributed by atoms with E-state index in [0.29, 0.717) is 20.4 Å². The number of fused-ring (bicyclic) bond motifs is 1. The summed E-state index contributed by atoms with van der Waals surface area (Å²) in [6, 6.07) is 5.51. The molecule has 0 radical (unpaired) electrons. The van der Waals surface area contributed by atoms with E-state index in [1.807, 2.05) is 34.7 Å².